The predicted molar refractivity (Wildman–Crippen MR) is 84.4 cm³/mol. The van der Waals surface area contributed by atoms with E-state index in [9.17, 15) is 4.79 Å². The lowest BCUT2D eigenvalue weighted by atomic mass is 10.3. The Balaban J connectivity index is 1.66. The van der Waals surface area contributed by atoms with E-state index in [1.807, 2.05) is 31.4 Å². The summed E-state index contributed by atoms with van der Waals surface area (Å²) in [5.41, 5.74) is 0. The van der Waals surface area contributed by atoms with Crippen LogP contribution in [0.1, 0.15) is 6.42 Å². The molecule has 0 aromatic carbocycles. The average molecular weight is 291 g/mol. The number of aromatic nitrogens is 1. The van der Waals surface area contributed by atoms with E-state index in [0.717, 1.165) is 51.5 Å². The summed E-state index contributed by atoms with van der Waals surface area (Å²) >= 11 is 0. The second-order valence-corrected chi connectivity index (χ2v) is 5.26. The fourth-order valence-corrected chi connectivity index (χ4v) is 2.43. The van der Waals surface area contributed by atoms with Gasteiger partial charge in [-0.25, -0.2) is 4.98 Å². The van der Waals surface area contributed by atoms with Gasteiger partial charge in [0.05, 0.1) is 6.54 Å². The van der Waals surface area contributed by atoms with Crippen molar-refractivity contribution >= 4 is 11.7 Å². The van der Waals surface area contributed by atoms with Crippen molar-refractivity contribution in [1.82, 2.24) is 20.5 Å². The molecule has 0 saturated carbocycles. The molecule has 0 bridgehead atoms. The molecule has 0 aliphatic carbocycles. The predicted octanol–water partition coefficient (Wildman–Crippen LogP) is -0.0707. The van der Waals surface area contributed by atoms with Gasteiger partial charge in [0, 0.05) is 38.9 Å². The van der Waals surface area contributed by atoms with Crippen molar-refractivity contribution in [2.75, 3.05) is 57.8 Å². The smallest absolute Gasteiger partial charge is 0.234 e. The number of piperazine rings is 1. The van der Waals surface area contributed by atoms with Crippen LogP contribution in [0.2, 0.25) is 0 Å². The number of rotatable bonds is 7. The highest BCUT2D eigenvalue weighted by molar-refractivity contribution is 5.78. The van der Waals surface area contributed by atoms with Crippen molar-refractivity contribution in [2.24, 2.45) is 0 Å². The third-order valence-electron chi connectivity index (χ3n) is 3.64. The molecule has 6 nitrogen and oxygen atoms in total. The summed E-state index contributed by atoms with van der Waals surface area (Å²) in [6, 6.07) is 5.97. The minimum atomic E-state index is 0.123. The Morgan fingerprint density at radius 2 is 2.05 bits per heavy atom. The second kappa shape index (κ2) is 8.59. The molecule has 0 atom stereocenters. The second-order valence-electron chi connectivity index (χ2n) is 5.26. The van der Waals surface area contributed by atoms with Crippen molar-refractivity contribution in [3.63, 3.8) is 0 Å². The van der Waals surface area contributed by atoms with Gasteiger partial charge in [0.1, 0.15) is 5.82 Å². The monoisotopic (exact) mass is 291 g/mol. The SMILES string of the molecule is CNCCCNC(=O)CN1CCN(c2ccccn2)CC1. The zero-order valence-electron chi connectivity index (χ0n) is 12.7. The number of nitrogens with zero attached hydrogens (tertiary/aromatic N) is 3. The minimum absolute atomic E-state index is 0.123. The number of nitrogens with one attached hydrogen (secondary N) is 2. The van der Waals surface area contributed by atoms with Gasteiger partial charge in [-0.15, -0.1) is 0 Å². The van der Waals surface area contributed by atoms with Crippen LogP contribution < -0.4 is 15.5 Å². The highest BCUT2D eigenvalue weighted by Crippen LogP contribution is 2.12. The number of carbonyl (C=O) groups is 1. The first kappa shape index (κ1) is 15.7. The minimum Gasteiger partial charge on any atom is -0.355 e. The van der Waals surface area contributed by atoms with Crippen LogP contribution in [0.4, 0.5) is 5.82 Å². The van der Waals surface area contributed by atoms with E-state index >= 15 is 0 Å². The van der Waals surface area contributed by atoms with E-state index in [2.05, 4.69) is 25.4 Å². The van der Waals surface area contributed by atoms with E-state index in [1.54, 1.807) is 0 Å². The Labute approximate surface area is 126 Å². The Kier molecular flexibility index (Phi) is 6.43. The number of carbonyl (C=O) groups excluding carboxylic acids is 1. The molecule has 0 radical (unpaired) electrons. The maximum atomic E-state index is 11.8. The van der Waals surface area contributed by atoms with E-state index in [1.165, 1.54) is 0 Å². The lowest BCUT2D eigenvalue weighted by Crippen LogP contribution is -2.49. The van der Waals surface area contributed by atoms with Crippen LogP contribution in [0.5, 0.6) is 0 Å². The Bertz CT molecular complexity index is 417. The molecule has 1 amide bonds. The molecule has 2 heterocycles. The summed E-state index contributed by atoms with van der Waals surface area (Å²) in [5.74, 6) is 1.14. The fourth-order valence-electron chi connectivity index (χ4n) is 2.43. The van der Waals surface area contributed by atoms with Gasteiger partial charge in [-0.3, -0.25) is 9.69 Å². The van der Waals surface area contributed by atoms with Gasteiger partial charge in [-0.1, -0.05) is 6.07 Å². The van der Waals surface area contributed by atoms with Crippen LogP contribution in [-0.2, 0) is 4.79 Å². The van der Waals surface area contributed by atoms with Crippen molar-refractivity contribution in [3.8, 4) is 0 Å². The largest absolute Gasteiger partial charge is 0.355 e. The molecule has 1 aromatic heterocycles. The van der Waals surface area contributed by atoms with E-state index < -0.39 is 0 Å². The first-order chi connectivity index (χ1) is 10.3. The lowest BCUT2D eigenvalue weighted by molar-refractivity contribution is -0.122. The lowest BCUT2D eigenvalue weighted by Gasteiger charge is -2.34. The molecule has 116 valence electrons. The summed E-state index contributed by atoms with van der Waals surface area (Å²) in [4.78, 5) is 20.7. The van der Waals surface area contributed by atoms with Gasteiger partial charge in [0.15, 0.2) is 0 Å². The van der Waals surface area contributed by atoms with E-state index in [0.29, 0.717) is 6.54 Å². The van der Waals surface area contributed by atoms with Gasteiger partial charge in [0.25, 0.3) is 0 Å². The Hall–Kier alpha value is -1.66. The van der Waals surface area contributed by atoms with Crippen molar-refractivity contribution in [3.05, 3.63) is 24.4 Å². The van der Waals surface area contributed by atoms with Gasteiger partial charge in [-0.05, 0) is 32.1 Å². The van der Waals surface area contributed by atoms with Gasteiger partial charge in [-0.2, -0.15) is 0 Å². The molecule has 2 N–H and O–H groups in total. The van der Waals surface area contributed by atoms with Crippen molar-refractivity contribution in [1.29, 1.82) is 0 Å². The quantitative estimate of drug-likeness (QED) is 0.689. The van der Waals surface area contributed by atoms with Crippen LogP contribution in [-0.4, -0.2) is 68.7 Å². The zero-order valence-corrected chi connectivity index (χ0v) is 12.7. The number of hydrogen-bond donors (Lipinski definition) is 2. The first-order valence-corrected chi connectivity index (χ1v) is 7.59. The van der Waals surface area contributed by atoms with Crippen LogP contribution in [0, 0.1) is 0 Å². The third-order valence-corrected chi connectivity index (χ3v) is 3.64. The molecule has 0 spiro atoms. The molecule has 1 aromatic rings. The molecule has 1 aliphatic rings. The van der Waals surface area contributed by atoms with Gasteiger partial charge in [0.2, 0.25) is 5.91 Å². The molecule has 1 saturated heterocycles. The number of hydrogen-bond acceptors (Lipinski definition) is 5. The molecule has 0 unspecified atom stereocenters. The standard InChI is InChI=1S/C15H25N5O/c1-16-6-4-8-18-15(21)13-19-9-11-20(12-10-19)14-5-2-3-7-17-14/h2-3,5,7,16H,4,6,8-13H2,1H3,(H,18,21). The van der Waals surface area contributed by atoms with Gasteiger partial charge >= 0.3 is 0 Å². The molecule has 1 fully saturated rings. The third kappa shape index (κ3) is 5.32. The molecule has 6 heteroatoms. The summed E-state index contributed by atoms with van der Waals surface area (Å²) < 4.78 is 0. The van der Waals surface area contributed by atoms with Crippen LogP contribution >= 0.6 is 0 Å². The topological polar surface area (TPSA) is 60.5 Å². The Morgan fingerprint density at radius 3 is 2.71 bits per heavy atom. The highest BCUT2D eigenvalue weighted by Gasteiger charge is 2.19. The van der Waals surface area contributed by atoms with E-state index in [4.69, 9.17) is 0 Å². The van der Waals surface area contributed by atoms with Crippen LogP contribution in [0.3, 0.4) is 0 Å². The molecular weight excluding hydrogens is 266 g/mol. The summed E-state index contributed by atoms with van der Waals surface area (Å²) in [6.45, 7) is 5.82. The number of amides is 1. The Morgan fingerprint density at radius 1 is 1.24 bits per heavy atom. The van der Waals surface area contributed by atoms with Gasteiger partial charge < -0.3 is 15.5 Å². The number of pyridine rings is 1. The summed E-state index contributed by atoms with van der Waals surface area (Å²) in [7, 11) is 1.92. The number of anilines is 1. The average Bonchev–Trinajstić information content (AvgIpc) is 2.53. The van der Waals surface area contributed by atoms with Crippen molar-refractivity contribution in [2.45, 2.75) is 6.42 Å². The maximum Gasteiger partial charge on any atom is 0.234 e. The van der Waals surface area contributed by atoms with Crippen molar-refractivity contribution < 1.29 is 4.79 Å². The maximum absolute atomic E-state index is 11.8. The molecule has 2 rings (SSSR count). The van der Waals surface area contributed by atoms with E-state index in [-0.39, 0.29) is 5.91 Å². The fraction of sp³-hybridized carbons (Fsp3) is 0.600. The molecule has 1 aliphatic heterocycles. The summed E-state index contributed by atoms with van der Waals surface area (Å²) in [6.07, 6.45) is 2.79. The zero-order chi connectivity index (χ0) is 14.9. The normalized spacial score (nSPS) is 16.0. The van der Waals surface area contributed by atoms with Crippen LogP contribution in [0.15, 0.2) is 24.4 Å². The highest BCUT2D eigenvalue weighted by atomic mass is 16.2. The molecular formula is C15H25N5O. The van der Waals surface area contributed by atoms with Crippen LogP contribution in [0.25, 0.3) is 0 Å². The summed E-state index contributed by atoms with van der Waals surface area (Å²) in [5, 5.41) is 6.03. The first-order valence-electron chi connectivity index (χ1n) is 7.59. The molecule has 21 heavy (non-hydrogen) atoms.